The molecular weight excluding hydrogens is 520 g/mol. The van der Waals surface area contributed by atoms with E-state index in [1.165, 1.54) is 24.1 Å². The number of ether oxygens (including phenoxy) is 1. The van der Waals surface area contributed by atoms with Gasteiger partial charge in [-0.3, -0.25) is 14.4 Å². The third-order valence-corrected chi connectivity index (χ3v) is 9.03. The molecule has 2 aromatic carbocycles. The number of nitrogens with zero attached hydrogens (tertiary/aromatic N) is 2. The van der Waals surface area contributed by atoms with Crippen molar-refractivity contribution in [2.45, 2.75) is 62.4 Å². The fourth-order valence-electron chi connectivity index (χ4n) is 7.06. The highest BCUT2D eigenvalue weighted by molar-refractivity contribution is 6.02. The summed E-state index contributed by atoms with van der Waals surface area (Å²) in [5.74, 6) is -2.23. The van der Waals surface area contributed by atoms with Crippen LogP contribution >= 0.6 is 0 Å². The van der Waals surface area contributed by atoms with Gasteiger partial charge in [0.15, 0.2) is 0 Å². The first kappa shape index (κ1) is 27.5. The number of phenolic OH excluding ortho intramolecular Hbond substituents is 1. The number of amides is 3. The normalized spacial score (nSPS) is 28.7. The summed E-state index contributed by atoms with van der Waals surface area (Å²) in [7, 11) is 2.00. The second-order valence-electron chi connectivity index (χ2n) is 11.8. The Morgan fingerprint density at radius 2 is 1.78 bits per heavy atom. The fourth-order valence-corrected chi connectivity index (χ4v) is 7.06. The summed E-state index contributed by atoms with van der Waals surface area (Å²) in [6.07, 6.45) is 8.28. The Bertz CT molecular complexity index is 1310. The molecule has 41 heavy (non-hydrogen) atoms. The second-order valence-corrected chi connectivity index (χ2v) is 11.8. The number of aromatic hydroxyl groups is 1. The van der Waals surface area contributed by atoms with E-state index in [1.54, 1.807) is 17.0 Å². The number of likely N-dealkylation sites (N-methyl/N-ethyl adjacent to an activating group) is 1. The minimum absolute atomic E-state index is 0.0839. The molecule has 3 N–H and O–H groups in total. The quantitative estimate of drug-likeness (QED) is 0.322. The van der Waals surface area contributed by atoms with Gasteiger partial charge in [-0.2, -0.15) is 0 Å². The minimum atomic E-state index is -1.19. The van der Waals surface area contributed by atoms with Crippen LogP contribution < -0.4 is 10.6 Å². The van der Waals surface area contributed by atoms with Gasteiger partial charge in [0.05, 0.1) is 17.9 Å². The molecule has 1 aliphatic carbocycles. The van der Waals surface area contributed by atoms with Crippen LogP contribution in [0.25, 0.3) is 0 Å². The van der Waals surface area contributed by atoms with Gasteiger partial charge in [-0.1, -0.05) is 61.7 Å². The Morgan fingerprint density at radius 1 is 1.05 bits per heavy atom. The van der Waals surface area contributed by atoms with Crippen molar-refractivity contribution in [1.29, 1.82) is 0 Å². The van der Waals surface area contributed by atoms with E-state index in [1.807, 2.05) is 37.4 Å². The first-order valence-electron chi connectivity index (χ1n) is 14.7. The van der Waals surface area contributed by atoms with Crippen LogP contribution in [0.4, 0.5) is 5.69 Å². The maximum Gasteiger partial charge on any atom is 0.246 e. The monoisotopic (exact) mass is 558 g/mol. The van der Waals surface area contributed by atoms with Crippen LogP contribution in [-0.4, -0.2) is 76.6 Å². The molecular formula is C32H38N4O5. The molecule has 9 nitrogen and oxygen atoms in total. The van der Waals surface area contributed by atoms with Gasteiger partial charge in [0.1, 0.15) is 17.4 Å². The predicted molar refractivity (Wildman–Crippen MR) is 154 cm³/mol. The lowest BCUT2D eigenvalue weighted by molar-refractivity contribution is -0.141. The van der Waals surface area contributed by atoms with E-state index >= 15 is 0 Å². The molecule has 2 aromatic rings. The van der Waals surface area contributed by atoms with Gasteiger partial charge in [0.2, 0.25) is 17.7 Å². The molecule has 3 aliphatic heterocycles. The molecule has 6 rings (SSSR count). The van der Waals surface area contributed by atoms with Gasteiger partial charge < -0.3 is 30.3 Å². The van der Waals surface area contributed by atoms with E-state index in [2.05, 4.69) is 27.7 Å². The Hall–Kier alpha value is -3.69. The highest BCUT2D eigenvalue weighted by Gasteiger charge is 2.72. The number of phenols is 1. The van der Waals surface area contributed by atoms with E-state index < -0.39 is 29.6 Å². The van der Waals surface area contributed by atoms with E-state index in [0.29, 0.717) is 25.3 Å². The average Bonchev–Trinajstić information content (AvgIpc) is 3.61. The summed E-state index contributed by atoms with van der Waals surface area (Å²) in [6.45, 7) is 1.62. The van der Waals surface area contributed by atoms with Gasteiger partial charge in [-0.15, -0.1) is 0 Å². The van der Waals surface area contributed by atoms with Crippen LogP contribution in [-0.2, 0) is 25.7 Å². The topological polar surface area (TPSA) is 111 Å². The van der Waals surface area contributed by atoms with Crippen LogP contribution in [0.3, 0.4) is 0 Å². The number of benzene rings is 2. The summed E-state index contributed by atoms with van der Waals surface area (Å²) < 4.78 is 6.45. The van der Waals surface area contributed by atoms with Crippen molar-refractivity contribution in [3.05, 3.63) is 72.3 Å². The zero-order valence-electron chi connectivity index (χ0n) is 23.4. The third kappa shape index (κ3) is 5.24. The van der Waals surface area contributed by atoms with Crippen LogP contribution in [0.15, 0.2) is 66.7 Å². The molecule has 216 valence electrons. The lowest BCUT2D eigenvalue weighted by atomic mass is 9.74. The smallest absolute Gasteiger partial charge is 0.246 e. The Kier molecular flexibility index (Phi) is 7.57. The zero-order valence-corrected chi connectivity index (χ0v) is 23.4. The summed E-state index contributed by atoms with van der Waals surface area (Å²) in [4.78, 5) is 45.5. The molecule has 3 amide bonds. The largest absolute Gasteiger partial charge is 0.508 e. The lowest BCUT2D eigenvalue weighted by Crippen LogP contribution is -2.57. The SMILES string of the molecule is CN(CCN1C(=O)[C@@H]2[C@@H](C(=O)Nc3ccc(O)cc3)[C@H]3C=C[C@@]2(O3)C1C(=O)NC1CCCCC1)Cc1ccccc1. The highest BCUT2D eigenvalue weighted by atomic mass is 16.5. The maximum atomic E-state index is 14.2. The molecule has 4 aliphatic rings. The van der Waals surface area contributed by atoms with Crippen molar-refractivity contribution in [2.24, 2.45) is 11.8 Å². The Morgan fingerprint density at radius 3 is 2.51 bits per heavy atom. The predicted octanol–water partition coefficient (Wildman–Crippen LogP) is 3.06. The number of fused-ring (bicyclic) bond motifs is 1. The standard InChI is InChI=1S/C32H38N4O5/c1-35(20-21-8-4-2-5-9-21)18-19-36-28(30(39)34-22-10-6-3-7-11-22)32-17-16-25(41-32)26(27(32)31(36)40)29(38)33-23-12-14-24(37)15-13-23/h2,4-5,8-9,12-17,22,25-28,37H,3,6-7,10-11,18-20H2,1H3,(H,33,38)(H,34,39)/t25-,26+,27+,28?,32+/m1/s1. The first-order chi connectivity index (χ1) is 19.9. The van der Waals surface area contributed by atoms with Gasteiger partial charge >= 0.3 is 0 Å². The molecule has 3 heterocycles. The van der Waals surface area contributed by atoms with Crippen molar-refractivity contribution >= 4 is 23.4 Å². The molecule has 0 aromatic heterocycles. The third-order valence-electron chi connectivity index (χ3n) is 9.03. The summed E-state index contributed by atoms with van der Waals surface area (Å²) >= 11 is 0. The van der Waals surface area contributed by atoms with Crippen molar-refractivity contribution in [3.63, 3.8) is 0 Å². The van der Waals surface area contributed by atoms with Crippen molar-refractivity contribution in [2.75, 3.05) is 25.5 Å². The molecule has 2 saturated heterocycles. The lowest BCUT2D eigenvalue weighted by Gasteiger charge is -2.34. The number of likely N-dealkylation sites (tertiary alicyclic amines) is 1. The van der Waals surface area contributed by atoms with Crippen LogP contribution in [0.5, 0.6) is 5.75 Å². The molecule has 9 heteroatoms. The van der Waals surface area contributed by atoms with Crippen LogP contribution in [0, 0.1) is 11.8 Å². The van der Waals surface area contributed by atoms with E-state index in [9.17, 15) is 19.5 Å². The summed E-state index contributed by atoms with van der Waals surface area (Å²) in [6, 6.07) is 15.6. The molecule has 2 bridgehead atoms. The second kappa shape index (κ2) is 11.3. The van der Waals surface area contributed by atoms with Crippen LogP contribution in [0.2, 0.25) is 0 Å². The number of hydrogen-bond acceptors (Lipinski definition) is 6. The number of nitrogens with one attached hydrogen (secondary N) is 2. The van der Waals surface area contributed by atoms with Crippen molar-refractivity contribution in [1.82, 2.24) is 15.1 Å². The molecule has 3 fully saturated rings. The van der Waals surface area contributed by atoms with Crippen molar-refractivity contribution < 1.29 is 24.2 Å². The molecule has 1 saturated carbocycles. The maximum absolute atomic E-state index is 14.2. The molecule has 1 spiro atoms. The number of anilines is 1. The zero-order chi connectivity index (χ0) is 28.6. The average molecular weight is 559 g/mol. The number of rotatable bonds is 9. The van der Waals surface area contributed by atoms with Crippen LogP contribution in [0.1, 0.15) is 37.7 Å². The van der Waals surface area contributed by atoms with Gasteiger partial charge in [0.25, 0.3) is 0 Å². The summed E-state index contributed by atoms with van der Waals surface area (Å²) in [5, 5.41) is 15.7. The number of carbonyl (C=O) groups is 3. The Balaban J connectivity index is 1.24. The van der Waals surface area contributed by atoms with E-state index in [4.69, 9.17) is 4.74 Å². The van der Waals surface area contributed by atoms with E-state index in [0.717, 1.165) is 25.7 Å². The highest BCUT2D eigenvalue weighted by Crippen LogP contribution is 2.55. The molecule has 1 unspecified atom stereocenters. The van der Waals surface area contributed by atoms with Gasteiger partial charge in [-0.05, 0) is 49.7 Å². The Labute approximate surface area is 240 Å². The van der Waals surface area contributed by atoms with Gasteiger partial charge in [-0.25, -0.2) is 0 Å². The number of hydrogen-bond donors (Lipinski definition) is 3. The molecule has 0 radical (unpaired) electrons. The van der Waals surface area contributed by atoms with E-state index in [-0.39, 0.29) is 29.5 Å². The van der Waals surface area contributed by atoms with Crippen molar-refractivity contribution in [3.8, 4) is 5.75 Å². The minimum Gasteiger partial charge on any atom is -0.508 e. The molecule has 5 atom stereocenters. The first-order valence-corrected chi connectivity index (χ1v) is 14.7. The van der Waals surface area contributed by atoms with Gasteiger partial charge in [0, 0.05) is 31.4 Å². The fraction of sp³-hybridized carbons (Fsp3) is 0.469. The summed E-state index contributed by atoms with van der Waals surface area (Å²) in [5.41, 5.74) is 0.501. The number of carbonyl (C=O) groups excluding carboxylic acids is 3.